The largest absolute Gasteiger partial charge is 0.416 e. The fourth-order valence-electron chi connectivity index (χ4n) is 0.711. The lowest BCUT2D eigenvalue weighted by atomic mass is 9.95. The first-order valence-electron chi connectivity index (χ1n) is 4.57. The van der Waals surface area contributed by atoms with E-state index in [-0.39, 0.29) is 5.92 Å². The maximum atomic E-state index is 9.95. The predicted octanol–water partition coefficient (Wildman–Crippen LogP) is 1.88. The lowest BCUT2D eigenvalue weighted by Crippen LogP contribution is -2.33. The van der Waals surface area contributed by atoms with Crippen LogP contribution in [0.25, 0.3) is 0 Å². The second-order valence-electron chi connectivity index (χ2n) is 3.89. The second kappa shape index (κ2) is 4.31. The highest BCUT2D eigenvalue weighted by molar-refractivity contribution is 7.99. The number of hydrogen-bond acceptors (Lipinski definition) is 5. The van der Waals surface area contributed by atoms with Crippen LogP contribution < -0.4 is 0 Å². The van der Waals surface area contributed by atoms with Gasteiger partial charge in [0.2, 0.25) is 5.89 Å². The van der Waals surface area contributed by atoms with E-state index in [1.807, 2.05) is 20.8 Å². The fourth-order valence-corrected chi connectivity index (χ4v) is 1.74. The Kier molecular flexibility index (Phi) is 3.55. The van der Waals surface area contributed by atoms with E-state index in [0.717, 1.165) is 0 Å². The minimum absolute atomic E-state index is 0.207. The van der Waals surface area contributed by atoms with Crippen LogP contribution in [-0.2, 0) is 0 Å². The molecular weight excluding hydrogens is 200 g/mol. The third-order valence-corrected chi connectivity index (χ3v) is 3.38. The van der Waals surface area contributed by atoms with Crippen molar-refractivity contribution >= 4 is 11.8 Å². The molecule has 0 saturated heterocycles. The fraction of sp³-hybridized carbons (Fsp3) is 0.778. The van der Waals surface area contributed by atoms with Gasteiger partial charge in [-0.25, -0.2) is 0 Å². The molecule has 5 heteroatoms. The predicted molar refractivity (Wildman–Crippen MR) is 55.2 cm³/mol. The molecule has 0 bridgehead atoms. The quantitative estimate of drug-likeness (QED) is 0.779. The van der Waals surface area contributed by atoms with Crippen molar-refractivity contribution in [2.75, 3.05) is 5.75 Å². The topological polar surface area (TPSA) is 59.2 Å². The van der Waals surface area contributed by atoms with Gasteiger partial charge in [-0.1, -0.05) is 25.6 Å². The summed E-state index contributed by atoms with van der Waals surface area (Å²) >= 11 is 1.39. The van der Waals surface area contributed by atoms with E-state index in [1.165, 1.54) is 11.8 Å². The van der Waals surface area contributed by atoms with Crippen molar-refractivity contribution in [1.29, 1.82) is 0 Å². The van der Waals surface area contributed by atoms with Crippen molar-refractivity contribution in [1.82, 2.24) is 10.2 Å². The van der Waals surface area contributed by atoms with Crippen molar-refractivity contribution in [3.8, 4) is 0 Å². The normalized spacial score (nSPS) is 15.9. The summed E-state index contributed by atoms with van der Waals surface area (Å²) in [7, 11) is 0. The molecule has 4 nitrogen and oxygen atoms in total. The van der Waals surface area contributed by atoms with Crippen LogP contribution in [0.2, 0.25) is 0 Å². The lowest BCUT2D eigenvalue weighted by Gasteiger charge is -2.26. The van der Waals surface area contributed by atoms with Gasteiger partial charge in [-0.15, -0.1) is 10.2 Å². The molecule has 1 aromatic rings. The van der Waals surface area contributed by atoms with Crippen molar-refractivity contribution in [3.05, 3.63) is 5.89 Å². The van der Waals surface area contributed by atoms with Gasteiger partial charge in [-0.3, -0.25) is 0 Å². The smallest absolute Gasteiger partial charge is 0.276 e. The van der Waals surface area contributed by atoms with Crippen molar-refractivity contribution < 1.29 is 9.52 Å². The Morgan fingerprint density at radius 2 is 2.14 bits per heavy atom. The Labute approximate surface area is 88.1 Å². The van der Waals surface area contributed by atoms with Gasteiger partial charge >= 0.3 is 0 Å². The Morgan fingerprint density at radius 1 is 1.50 bits per heavy atom. The maximum absolute atomic E-state index is 9.95. The molecule has 0 radical (unpaired) electrons. The molecular formula is C9H16N2O2S. The third-order valence-electron chi connectivity index (χ3n) is 2.24. The van der Waals surface area contributed by atoms with E-state index in [2.05, 4.69) is 10.2 Å². The summed E-state index contributed by atoms with van der Waals surface area (Å²) in [6.45, 7) is 7.53. The Bertz CT molecular complexity index is 297. The molecule has 1 rings (SSSR count). The SMILES string of the molecule is Cc1nnc(SCC(C)(O)C(C)C)o1. The van der Waals surface area contributed by atoms with E-state index in [9.17, 15) is 5.11 Å². The zero-order valence-electron chi connectivity index (χ0n) is 8.94. The van der Waals surface area contributed by atoms with Crippen LogP contribution in [0.15, 0.2) is 9.64 Å². The van der Waals surface area contributed by atoms with Crippen molar-refractivity contribution in [3.63, 3.8) is 0 Å². The zero-order valence-corrected chi connectivity index (χ0v) is 9.76. The molecule has 80 valence electrons. The first-order valence-corrected chi connectivity index (χ1v) is 5.55. The molecule has 0 spiro atoms. The van der Waals surface area contributed by atoms with E-state index >= 15 is 0 Å². The molecule has 0 saturated carbocycles. The number of aryl methyl sites for hydroxylation is 1. The monoisotopic (exact) mass is 216 g/mol. The maximum Gasteiger partial charge on any atom is 0.276 e. The van der Waals surface area contributed by atoms with Crippen LogP contribution >= 0.6 is 11.8 Å². The van der Waals surface area contributed by atoms with Crippen LogP contribution in [0.3, 0.4) is 0 Å². The summed E-state index contributed by atoms with van der Waals surface area (Å²) in [5, 5.41) is 18.0. The average Bonchev–Trinajstić information content (AvgIpc) is 2.48. The number of nitrogens with zero attached hydrogens (tertiary/aromatic N) is 2. The lowest BCUT2D eigenvalue weighted by molar-refractivity contribution is 0.0374. The van der Waals surface area contributed by atoms with Gasteiger partial charge in [0.05, 0.1) is 5.60 Å². The van der Waals surface area contributed by atoms with Crippen LogP contribution in [0.5, 0.6) is 0 Å². The molecule has 0 aromatic carbocycles. The van der Waals surface area contributed by atoms with Crippen LogP contribution in [0.1, 0.15) is 26.7 Å². The summed E-state index contributed by atoms with van der Waals surface area (Å²) < 4.78 is 5.19. The molecule has 0 amide bonds. The molecule has 1 N–H and O–H groups in total. The molecule has 1 aromatic heterocycles. The van der Waals surface area contributed by atoms with Gasteiger partial charge in [-0.2, -0.15) is 0 Å². The number of aliphatic hydroxyl groups is 1. The number of hydrogen-bond donors (Lipinski definition) is 1. The van der Waals surface area contributed by atoms with E-state index < -0.39 is 5.60 Å². The van der Waals surface area contributed by atoms with E-state index in [4.69, 9.17) is 4.42 Å². The highest BCUT2D eigenvalue weighted by Gasteiger charge is 2.25. The second-order valence-corrected chi connectivity index (χ2v) is 4.81. The number of rotatable bonds is 4. The van der Waals surface area contributed by atoms with Crippen LogP contribution in [0, 0.1) is 12.8 Å². The zero-order chi connectivity index (χ0) is 10.8. The van der Waals surface area contributed by atoms with E-state index in [1.54, 1.807) is 6.92 Å². The first kappa shape index (κ1) is 11.5. The number of thioether (sulfide) groups is 1. The summed E-state index contributed by atoms with van der Waals surface area (Å²) in [5.74, 6) is 1.32. The van der Waals surface area contributed by atoms with Gasteiger partial charge in [0, 0.05) is 12.7 Å². The summed E-state index contributed by atoms with van der Waals surface area (Å²) in [5.41, 5.74) is -0.701. The molecule has 0 aliphatic heterocycles. The van der Waals surface area contributed by atoms with E-state index in [0.29, 0.717) is 16.9 Å². The van der Waals surface area contributed by atoms with Gasteiger partial charge in [0.1, 0.15) is 0 Å². The minimum Gasteiger partial charge on any atom is -0.416 e. The Morgan fingerprint density at radius 3 is 2.57 bits per heavy atom. The van der Waals surface area contributed by atoms with Gasteiger partial charge < -0.3 is 9.52 Å². The number of aromatic nitrogens is 2. The van der Waals surface area contributed by atoms with Crippen LogP contribution in [-0.4, -0.2) is 26.7 Å². The summed E-state index contributed by atoms with van der Waals surface area (Å²) in [6, 6.07) is 0. The third kappa shape index (κ3) is 2.99. The van der Waals surface area contributed by atoms with Gasteiger partial charge in [0.15, 0.2) is 0 Å². The van der Waals surface area contributed by atoms with Crippen LogP contribution in [0.4, 0.5) is 0 Å². The Hall–Kier alpha value is -0.550. The molecule has 14 heavy (non-hydrogen) atoms. The van der Waals surface area contributed by atoms with Crippen molar-refractivity contribution in [2.24, 2.45) is 5.92 Å². The molecule has 1 atom stereocenters. The van der Waals surface area contributed by atoms with Gasteiger partial charge in [-0.05, 0) is 12.8 Å². The molecule has 0 aliphatic rings. The molecule has 1 heterocycles. The molecule has 0 aliphatic carbocycles. The molecule has 0 fully saturated rings. The van der Waals surface area contributed by atoms with Crippen molar-refractivity contribution in [2.45, 2.75) is 38.5 Å². The Balaban J connectivity index is 2.48. The highest BCUT2D eigenvalue weighted by Crippen LogP contribution is 2.25. The minimum atomic E-state index is -0.701. The summed E-state index contributed by atoms with van der Waals surface area (Å²) in [4.78, 5) is 0. The highest BCUT2D eigenvalue weighted by atomic mass is 32.2. The first-order chi connectivity index (χ1) is 6.42. The molecule has 1 unspecified atom stereocenters. The summed E-state index contributed by atoms with van der Waals surface area (Å²) in [6.07, 6.45) is 0. The standard InChI is InChI=1S/C9H16N2O2S/c1-6(2)9(4,12)5-14-8-11-10-7(3)13-8/h6,12H,5H2,1-4H3. The average molecular weight is 216 g/mol. The van der Waals surface area contributed by atoms with Gasteiger partial charge in [0.25, 0.3) is 5.22 Å².